The molecule has 0 radical (unpaired) electrons. The molecule has 0 saturated carbocycles. The maximum atomic E-state index is 5.77. The Balaban J connectivity index is 2.74. The van der Waals surface area contributed by atoms with Crippen LogP contribution in [0.5, 0.6) is 0 Å². The molecular formula is C11H21N3. The lowest BCUT2D eigenvalue weighted by atomic mass is 10.1. The van der Waals surface area contributed by atoms with E-state index in [9.17, 15) is 0 Å². The van der Waals surface area contributed by atoms with Crippen molar-refractivity contribution in [2.45, 2.75) is 45.6 Å². The molecule has 1 unspecified atom stereocenters. The Labute approximate surface area is 86.3 Å². The molecule has 0 aliphatic carbocycles. The van der Waals surface area contributed by atoms with Crippen molar-refractivity contribution in [2.24, 2.45) is 5.73 Å². The fourth-order valence-electron chi connectivity index (χ4n) is 1.80. The van der Waals surface area contributed by atoms with E-state index in [-0.39, 0.29) is 0 Å². The summed E-state index contributed by atoms with van der Waals surface area (Å²) in [5, 5.41) is 0. The van der Waals surface area contributed by atoms with Gasteiger partial charge in [0.1, 0.15) is 5.82 Å². The molecule has 1 heterocycles. The first kappa shape index (κ1) is 11.2. The summed E-state index contributed by atoms with van der Waals surface area (Å²) in [5.41, 5.74) is 5.77. The average molecular weight is 195 g/mol. The van der Waals surface area contributed by atoms with Crippen LogP contribution < -0.4 is 5.73 Å². The summed E-state index contributed by atoms with van der Waals surface area (Å²) in [7, 11) is 0. The van der Waals surface area contributed by atoms with Crippen LogP contribution in [0.25, 0.3) is 0 Å². The van der Waals surface area contributed by atoms with E-state index < -0.39 is 0 Å². The normalized spacial score (nSPS) is 13.1. The SMILES string of the molecule is CCCc1nccn1C(CN)CCC. The monoisotopic (exact) mass is 195 g/mol. The molecule has 1 aromatic heterocycles. The van der Waals surface area contributed by atoms with E-state index in [1.807, 2.05) is 6.20 Å². The van der Waals surface area contributed by atoms with Crippen LogP contribution in [0, 0.1) is 0 Å². The quantitative estimate of drug-likeness (QED) is 0.755. The van der Waals surface area contributed by atoms with Crippen molar-refractivity contribution in [1.82, 2.24) is 9.55 Å². The highest BCUT2D eigenvalue weighted by atomic mass is 15.1. The van der Waals surface area contributed by atoms with Crippen molar-refractivity contribution in [1.29, 1.82) is 0 Å². The molecule has 0 aliphatic rings. The topological polar surface area (TPSA) is 43.8 Å². The van der Waals surface area contributed by atoms with Crippen LogP contribution in [0.1, 0.15) is 45.0 Å². The summed E-state index contributed by atoms with van der Waals surface area (Å²) < 4.78 is 2.24. The lowest BCUT2D eigenvalue weighted by Crippen LogP contribution is -2.20. The number of rotatable bonds is 6. The molecule has 0 spiro atoms. The molecule has 1 atom stereocenters. The summed E-state index contributed by atoms with van der Waals surface area (Å²) in [6.45, 7) is 5.08. The molecule has 3 heteroatoms. The highest BCUT2D eigenvalue weighted by molar-refractivity contribution is 4.95. The van der Waals surface area contributed by atoms with Crippen LogP contribution in [0.15, 0.2) is 12.4 Å². The van der Waals surface area contributed by atoms with E-state index in [0.29, 0.717) is 12.6 Å². The Morgan fingerprint density at radius 2 is 2.21 bits per heavy atom. The van der Waals surface area contributed by atoms with E-state index in [4.69, 9.17) is 5.73 Å². The highest BCUT2D eigenvalue weighted by Gasteiger charge is 2.11. The number of imidazole rings is 1. The number of nitrogens with zero attached hydrogens (tertiary/aromatic N) is 2. The van der Waals surface area contributed by atoms with Gasteiger partial charge in [0.15, 0.2) is 0 Å². The van der Waals surface area contributed by atoms with Gasteiger partial charge in [-0.25, -0.2) is 4.98 Å². The first-order valence-electron chi connectivity index (χ1n) is 5.55. The van der Waals surface area contributed by atoms with Crippen molar-refractivity contribution < 1.29 is 0 Å². The number of nitrogens with two attached hydrogens (primary N) is 1. The Morgan fingerprint density at radius 1 is 1.43 bits per heavy atom. The van der Waals surface area contributed by atoms with Gasteiger partial charge >= 0.3 is 0 Å². The summed E-state index contributed by atoms with van der Waals surface area (Å²) in [6, 6.07) is 0.434. The van der Waals surface area contributed by atoms with Crippen molar-refractivity contribution >= 4 is 0 Å². The molecule has 1 aromatic rings. The number of hydrogen-bond acceptors (Lipinski definition) is 2. The van der Waals surface area contributed by atoms with Crippen LogP contribution in [-0.4, -0.2) is 16.1 Å². The Kier molecular flexibility index (Phi) is 4.66. The minimum absolute atomic E-state index is 0.434. The lowest BCUT2D eigenvalue weighted by molar-refractivity contribution is 0.453. The van der Waals surface area contributed by atoms with Crippen molar-refractivity contribution in [3.05, 3.63) is 18.2 Å². The largest absolute Gasteiger partial charge is 0.331 e. The molecule has 0 amide bonds. The average Bonchev–Trinajstić information content (AvgIpc) is 2.63. The van der Waals surface area contributed by atoms with Crippen LogP contribution >= 0.6 is 0 Å². The second kappa shape index (κ2) is 5.81. The van der Waals surface area contributed by atoms with E-state index >= 15 is 0 Å². The van der Waals surface area contributed by atoms with Crippen LogP contribution in [-0.2, 0) is 6.42 Å². The number of hydrogen-bond donors (Lipinski definition) is 1. The molecular weight excluding hydrogens is 174 g/mol. The zero-order valence-electron chi connectivity index (χ0n) is 9.24. The third kappa shape index (κ3) is 2.58. The summed E-state index contributed by atoms with van der Waals surface area (Å²) in [5.74, 6) is 1.18. The standard InChI is InChI=1S/C11H21N3/c1-3-5-10(9-12)14-8-7-13-11(14)6-4-2/h7-8,10H,3-6,9,12H2,1-2H3. The zero-order valence-corrected chi connectivity index (χ0v) is 9.24. The maximum Gasteiger partial charge on any atom is 0.108 e. The molecule has 3 nitrogen and oxygen atoms in total. The molecule has 80 valence electrons. The van der Waals surface area contributed by atoms with Gasteiger partial charge in [-0.2, -0.15) is 0 Å². The van der Waals surface area contributed by atoms with E-state index in [0.717, 1.165) is 19.3 Å². The zero-order chi connectivity index (χ0) is 10.4. The first-order chi connectivity index (χ1) is 6.83. The second-order valence-electron chi connectivity index (χ2n) is 3.68. The molecule has 1 rings (SSSR count). The van der Waals surface area contributed by atoms with Gasteiger partial charge in [-0.15, -0.1) is 0 Å². The van der Waals surface area contributed by atoms with Crippen molar-refractivity contribution in [3.63, 3.8) is 0 Å². The second-order valence-corrected chi connectivity index (χ2v) is 3.68. The lowest BCUT2D eigenvalue weighted by Gasteiger charge is -2.18. The van der Waals surface area contributed by atoms with E-state index in [1.165, 1.54) is 12.2 Å². The number of aromatic nitrogens is 2. The predicted octanol–water partition coefficient (Wildman–Crippen LogP) is 2.14. The third-order valence-electron chi connectivity index (χ3n) is 2.51. The van der Waals surface area contributed by atoms with Crippen molar-refractivity contribution in [3.8, 4) is 0 Å². The van der Waals surface area contributed by atoms with Gasteiger partial charge in [0.2, 0.25) is 0 Å². The van der Waals surface area contributed by atoms with Gasteiger partial charge in [-0.05, 0) is 12.8 Å². The fraction of sp³-hybridized carbons (Fsp3) is 0.727. The molecule has 2 N–H and O–H groups in total. The molecule has 0 aliphatic heterocycles. The minimum Gasteiger partial charge on any atom is -0.331 e. The van der Waals surface area contributed by atoms with Gasteiger partial charge in [0.25, 0.3) is 0 Å². The Morgan fingerprint density at radius 3 is 2.79 bits per heavy atom. The predicted molar refractivity (Wildman–Crippen MR) is 59.2 cm³/mol. The summed E-state index contributed by atoms with van der Waals surface area (Å²) in [4.78, 5) is 4.36. The minimum atomic E-state index is 0.434. The molecule has 14 heavy (non-hydrogen) atoms. The molecule has 0 bridgehead atoms. The Bertz CT molecular complexity index is 255. The van der Waals surface area contributed by atoms with Crippen LogP contribution in [0.4, 0.5) is 0 Å². The summed E-state index contributed by atoms with van der Waals surface area (Å²) >= 11 is 0. The molecule has 0 saturated heterocycles. The maximum absolute atomic E-state index is 5.77. The Hall–Kier alpha value is -0.830. The van der Waals surface area contributed by atoms with Crippen molar-refractivity contribution in [2.75, 3.05) is 6.54 Å². The van der Waals surface area contributed by atoms with Crippen LogP contribution in [0.3, 0.4) is 0 Å². The van der Waals surface area contributed by atoms with Gasteiger partial charge < -0.3 is 10.3 Å². The van der Waals surface area contributed by atoms with E-state index in [1.54, 1.807) is 0 Å². The summed E-state index contributed by atoms with van der Waals surface area (Å²) in [6.07, 6.45) is 8.43. The highest BCUT2D eigenvalue weighted by Crippen LogP contribution is 2.15. The van der Waals surface area contributed by atoms with Crippen LogP contribution in [0.2, 0.25) is 0 Å². The smallest absolute Gasteiger partial charge is 0.108 e. The van der Waals surface area contributed by atoms with Gasteiger partial charge in [0, 0.05) is 31.4 Å². The fourth-order valence-corrected chi connectivity index (χ4v) is 1.80. The number of aryl methyl sites for hydroxylation is 1. The third-order valence-corrected chi connectivity index (χ3v) is 2.51. The molecule has 0 aromatic carbocycles. The van der Waals surface area contributed by atoms with E-state index in [2.05, 4.69) is 29.6 Å². The van der Waals surface area contributed by atoms with Gasteiger partial charge in [-0.3, -0.25) is 0 Å². The van der Waals surface area contributed by atoms with Gasteiger partial charge in [-0.1, -0.05) is 20.3 Å². The van der Waals surface area contributed by atoms with Gasteiger partial charge in [0.05, 0.1) is 0 Å². The first-order valence-corrected chi connectivity index (χ1v) is 5.55. The molecule has 0 fully saturated rings.